The highest BCUT2D eigenvalue weighted by Gasteiger charge is 2.36. The van der Waals surface area contributed by atoms with Crippen molar-refractivity contribution in [1.29, 1.82) is 0 Å². The highest BCUT2D eigenvalue weighted by atomic mass is 35.5. The second-order valence-corrected chi connectivity index (χ2v) is 11.7. The van der Waals surface area contributed by atoms with Crippen LogP contribution < -0.4 is 16.4 Å². The molecular formula is C34H34Cl4N4O3. The normalized spacial score (nSPS) is 15.4. The van der Waals surface area contributed by atoms with Crippen LogP contribution >= 0.6 is 46.4 Å². The van der Waals surface area contributed by atoms with Crippen molar-refractivity contribution in [2.75, 3.05) is 13.1 Å². The van der Waals surface area contributed by atoms with E-state index in [2.05, 4.69) is 34.6 Å². The van der Waals surface area contributed by atoms with Gasteiger partial charge in [-0.1, -0.05) is 119 Å². The Balaban J connectivity index is 0.000000204. The van der Waals surface area contributed by atoms with E-state index in [9.17, 15) is 14.4 Å². The molecule has 1 aliphatic heterocycles. The second-order valence-electron chi connectivity index (χ2n) is 10.1. The molecule has 1 fully saturated rings. The summed E-state index contributed by atoms with van der Waals surface area (Å²) in [5.41, 5.74) is 8.42. The fourth-order valence-corrected chi connectivity index (χ4v) is 5.66. The fourth-order valence-electron chi connectivity index (χ4n) is 4.57. The lowest BCUT2D eigenvalue weighted by molar-refractivity contribution is -0.119. The van der Waals surface area contributed by atoms with E-state index in [1.807, 2.05) is 55.5 Å². The fraction of sp³-hybridized carbons (Fsp3) is 0.206. The third-order valence-electron chi connectivity index (χ3n) is 7.01. The molecule has 0 saturated carbocycles. The number of nitrogens with two attached hydrogens (primary N) is 1. The summed E-state index contributed by atoms with van der Waals surface area (Å²) < 4.78 is 0. The topological polar surface area (TPSA) is 105 Å². The first-order chi connectivity index (χ1) is 21.5. The van der Waals surface area contributed by atoms with Gasteiger partial charge in [-0.25, -0.2) is 0 Å². The molecule has 7 nitrogen and oxygen atoms in total. The lowest BCUT2D eigenvalue weighted by Gasteiger charge is -2.30. The second kappa shape index (κ2) is 17.9. The van der Waals surface area contributed by atoms with Gasteiger partial charge in [-0.15, -0.1) is 0 Å². The summed E-state index contributed by atoms with van der Waals surface area (Å²) in [7, 11) is 0. The van der Waals surface area contributed by atoms with Crippen molar-refractivity contribution in [3.05, 3.63) is 139 Å². The molecule has 5 rings (SSSR count). The summed E-state index contributed by atoms with van der Waals surface area (Å²) in [6.07, 6.45) is 0.328. The van der Waals surface area contributed by atoms with Crippen LogP contribution in [0.1, 0.15) is 59.1 Å². The molecule has 0 bridgehead atoms. The number of primary amides is 1. The maximum Gasteiger partial charge on any atom is 0.235 e. The van der Waals surface area contributed by atoms with Crippen molar-refractivity contribution in [2.45, 2.75) is 32.1 Å². The van der Waals surface area contributed by atoms with Crippen molar-refractivity contribution < 1.29 is 14.4 Å². The summed E-state index contributed by atoms with van der Waals surface area (Å²) in [5.74, 6) is -0.355. The molecule has 1 heterocycles. The van der Waals surface area contributed by atoms with Crippen LogP contribution in [0.15, 0.2) is 97.1 Å². The van der Waals surface area contributed by atoms with Crippen LogP contribution in [0, 0.1) is 0 Å². The SMILES string of the molecule is C[C@@H](NCC(N)=O)c1ccccc1.C[C@H](c1ccccc1)N1CC(=O)NC1c1c(Cl)cccc1Cl.O=Cc1c(Cl)cccc1Cl. The van der Waals surface area contributed by atoms with Gasteiger partial charge < -0.3 is 16.4 Å². The predicted octanol–water partition coefficient (Wildman–Crippen LogP) is 7.81. The Hall–Kier alpha value is -3.43. The minimum absolute atomic E-state index is 0.0243. The highest BCUT2D eigenvalue weighted by Crippen LogP contribution is 2.38. The van der Waals surface area contributed by atoms with Gasteiger partial charge in [0, 0.05) is 27.7 Å². The molecule has 11 heteroatoms. The number of carbonyl (C=O) groups excluding carboxylic acids is 3. The molecular weight excluding hydrogens is 654 g/mol. The Morgan fingerprint density at radius 3 is 1.80 bits per heavy atom. The van der Waals surface area contributed by atoms with Gasteiger partial charge in [0.1, 0.15) is 6.17 Å². The molecule has 1 unspecified atom stereocenters. The minimum atomic E-state index is -0.331. The lowest BCUT2D eigenvalue weighted by Crippen LogP contribution is -2.30. The molecule has 1 aliphatic rings. The van der Waals surface area contributed by atoms with Crippen molar-refractivity contribution in [3.63, 3.8) is 0 Å². The zero-order valence-electron chi connectivity index (χ0n) is 24.7. The lowest BCUT2D eigenvalue weighted by atomic mass is 10.0. The molecule has 2 amide bonds. The first kappa shape index (κ1) is 36.0. The molecule has 1 saturated heterocycles. The van der Waals surface area contributed by atoms with Gasteiger partial charge in [0.25, 0.3) is 0 Å². The quantitative estimate of drug-likeness (QED) is 0.164. The number of hydrogen-bond acceptors (Lipinski definition) is 5. The zero-order valence-corrected chi connectivity index (χ0v) is 27.7. The summed E-state index contributed by atoms with van der Waals surface area (Å²) in [5, 5.41) is 7.90. The Morgan fingerprint density at radius 1 is 0.844 bits per heavy atom. The number of benzene rings is 4. The number of nitrogens with zero attached hydrogens (tertiary/aromatic N) is 1. The first-order valence-electron chi connectivity index (χ1n) is 14.0. The van der Waals surface area contributed by atoms with Crippen molar-refractivity contribution in [3.8, 4) is 0 Å². The molecule has 3 atom stereocenters. The van der Waals surface area contributed by atoms with E-state index in [1.54, 1.807) is 36.4 Å². The molecule has 4 aromatic carbocycles. The Bertz CT molecular complexity index is 1530. The Morgan fingerprint density at radius 2 is 1.33 bits per heavy atom. The molecule has 0 aliphatic carbocycles. The van der Waals surface area contributed by atoms with Crippen LogP contribution in [-0.2, 0) is 9.59 Å². The van der Waals surface area contributed by atoms with Gasteiger partial charge in [-0.3, -0.25) is 19.3 Å². The first-order valence-corrected chi connectivity index (χ1v) is 15.5. The number of rotatable bonds is 8. The average Bonchev–Trinajstić information content (AvgIpc) is 3.41. The van der Waals surface area contributed by atoms with E-state index >= 15 is 0 Å². The van der Waals surface area contributed by atoms with Gasteiger partial charge in [0.15, 0.2) is 6.29 Å². The molecule has 236 valence electrons. The van der Waals surface area contributed by atoms with E-state index < -0.39 is 0 Å². The smallest absolute Gasteiger partial charge is 0.235 e. The van der Waals surface area contributed by atoms with Gasteiger partial charge in [0.2, 0.25) is 11.8 Å². The number of amides is 2. The molecule has 0 radical (unpaired) electrons. The monoisotopic (exact) mass is 686 g/mol. The van der Waals surface area contributed by atoms with Crippen LogP contribution in [-0.4, -0.2) is 36.1 Å². The number of halogens is 4. The van der Waals surface area contributed by atoms with E-state index in [4.69, 9.17) is 52.1 Å². The Labute approximate surface area is 283 Å². The van der Waals surface area contributed by atoms with Gasteiger partial charge >= 0.3 is 0 Å². The maximum atomic E-state index is 12.0. The van der Waals surface area contributed by atoms with E-state index in [0.29, 0.717) is 38.5 Å². The number of carbonyl (C=O) groups is 3. The molecule has 0 spiro atoms. The average molecular weight is 688 g/mol. The minimum Gasteiger partial charge on any atom is -0.369 e. The molecule has 0 aromatic heterocycles. The van der Waals surface area contributed by atoms with Crippen LogP contribution in [0.4, 0.5) is 0 Å². The summed E-state index contributed by atoms with van der Waals surface area (Å²) >= 11 is 23.8. The van der Waals surface area contributed by atoms with Crippen molar-refractivity contribution in [2.24, 2.45) is 5.73 Å². The third kappa shape index (κ3) is 10.6. The van der Waals surface area contributed by atoms with E-state index in [0.717, 1.165) is 16.7 Å². The molecule has 4 N–H and O–H groups in total. The standard InChI is InChI=1S/C17H16Cl2N2O.C10H14N2O.C7H4Cl2O/c1-11(12-6-3-2-4-7-12)21-10-15(22)20-17(21)16-13(18)8-5-9-14(16)19;1-8(12-7-10(11)13)9-5-3-2-4-6-9;8-6-2-1-3-7(9)5(6)4-10/h2-9,11,17H,10H2,1H3,(H,20,22);2-6,8,12H,7H2,1H3,(H2,11,13);1-4H/t11-,17?;8-;/m11./s1. The summed E-state index contributed by atoms with van der Waals surface area (Å²) in [6, 6.07) is 30.6. The zero-order chi connectivity index (χ0) is 32.9. The Kier molecular flexibility index (Phi) is 14.3. The highest BCUT2D eigenvalue weighted by molar-refractivity contribution is 6.38. The van der Waals surface area contributed by atoms with E-state index in [-0.39, 0.29) is 36.6 Å². The van der Waals surface area contributed by atoms with Crippen LogP contribution in [0.2, 0.25) is 20.1 Å². The van der Waals surface area contributed by atoms with Gasteiger partial charge in [-0.05, 0) is 49.2 Å². The van der Waals surface area contributed by atoms with Crippen LogP contribution in [0.3, 0.4) is 0 Å². The summed E-state index contributed by atoms with van der Waals surface area (Å²) in [6.45, 7) is 4.62. The molecule has 45 heavy (non-hydrogen) atoms. The number of nitrogens with one attached hydrogen (secondary N) is 2. The third-order valence-corrected chi connectivity index (χ3v) is 8.33. The van der Waals surface area contributed by atoms with Crippen molar-refractivity contribution in [1.82, 2.24) is 15.5 Å². The van der Waals surface area contributed by atoms with Gasteiger partial charge in [-0.2, -0.15) is 0 Å². The van der Waals surface area contributed by atoms with Crippen LogP contribution in [0.25, 0.3) is 0 Å². The summed E-state index contributed by atoms with van der Waals surface area (Å²) in [4.78, 5) is 34.8. The largest absolute Gasteiger partial charge is 0.369 e. The number of hydrogen-bond donors (Lipinski definition) is 3. The molecule has 4 aromatic rings. The van der Waals surface area contributed by atoms with E-state index in [1.165, 1.54) is 0 Å². The maximum absolute atomic E-state index is 12.0. The predicted molar refractivity (Wildman–Crippen MR) is 183 cm³/mol. The van der Waals surface area contributed by atoms with Crippen LogP contribution in [0.5, 0.6) is 0 Å². The van der Waals surface area contributed by atoms with Crippen molar-refractivity contribution >= 4 is 64.5 Å². The number of aldehydes is 1. The van der Waals surface area contributed by atoms with Gasteiger partial charge in [0.05, 0.1) is 28.7 Å².